The SMILES string of the molecule is CCN(CC)CCc1[c]c(C)[nH]n1. The van der Waals surface area contributed by atoms with Gasteiger partial charge in [-0.2, -0.15) is 5.10 Å². The maximum absolute atomic E-state index is 4.15. The zero-order chi connectivity index (χ0) is 9.68. The first-order valence-electron chi connectivity index (χ1n) is 4.91. The lowest BCUT2D eigenvalue weighted by atomic mass is 10.2. The van der Waals surface area contributed by atoms with Crippen molar-refractivity contribution in [3.05, 3.63) is 17.5 Å². The summed E-state index contributed by atoms with van der Waals surface area (Å²) in [4.78, 5) is 2.39. The minimum Gasteiger partial charge on any atom is -0.303 e. The van der Waals surface area contributed by atoms with E-state index >= 15 is 0 Å². The van der Waals surface area contributed by atoms with Crippen LogP contribution in [-0.4, -0.2) is 34.7 Å². The van der Waals surface area contributed by atoms with Crippen LogP contribution in [-0.2, 0) is 6.42 Å². The summed E-state index contributed by atoms with van der Waals surface area (Å²) in [5.41, 5.74) is 2.07. The van der Waals surface area contributed by atoms with Gasteiger partial charge in [0.1, 0.15) is 0 Å². The van der Waals surface area contributed by atoms with Crippen LogP contribution in [0.25, 0.3) is 0 Å². The molecule has 1 heterocycles. The van der Waals surface area contributed by atoms with Crippen molar-refractivity contribution in [2.24, 2.45) is 0 Å². The summed E-state index contributed by atoms with van der Waals surface area (Å²) < 4.78 is 0. The number of hydrogen-bond acceptors (Lipinski definition) is 2. The molecule has 0 amide bonds. The van der Waals surface area contributed by atoms with Crippen molar-refractivity contribution in [3.63, 3.8) is 0 Å². The third kappa shape index (κ3) is 3.19. The Morgan fingerprint density at radius 2 is 2.08 bits per heavy atom. The maximum Gasteiger partial charge on any atom is 0.0717 e. The van der Waals surface area contributed by atoms with Crippen LogP contribution in [0.5, 0.6) is 0 Å². The molecule has 0 spiro atoms. The van der Waals surface area contributed by atoms with Crippen LogP contribution in [0.2, 0.25) is 0 Å². The van der Waals surface area contributed by atoms with E-state index in [9.17, 15) is 0 Å². The van der Waals surface area contributed by atoms with Crippen LogP contribution in [0.4, 0.5) is 0 Å². The first-order valence-corrected chi connectivity index (χ1v) is 4.91. The van der Waals surface area contributed by atoms with Crippen molar-refractivity contribution in [1.29, 1.82) is 0 Å². The molecule has 3 heteroatoms. The molecule has 1 rings (SSSR count). The molecule has 73 valence electrons. The van der Waals surface area contributed by atoms with E-state index in [0.29, 0.717) is 0 Å². The molecule has 0 bridgehead atoms. The predicted molar refractivity (Wildman–Crippen MR) is 53.7 cm³/mol. The molecule has 1 aromatic rings. The molecule has 0 saturated heterocycles. The predicted octanol–water partition coefficient (Wildman–Crippen LogP) is 1.40. The van der Waals surface area contributed by atoms with Gasteiger partial charge in [-0.1, -0.05) is 13.8 Å². The first-order chi connectivity index (χ1) is 6.26. The molecule has 1 radical (unpaired) electrons. The number of rotatable bonds is 5. The molecule has 1 N–H and O–H groups in total. The van der Waals surface area contributed by atoms with Crippen molar-refractivity contribution < 1.29 is 0 Å². The van der Waals surface area contributed by atoms with E-state index in [-0.39, 0.29) is 0 Å². The number of likely N-dealkylation sites (N-methyl/N-ethyl adjacent to an activating group) is 1. The Bertz CT molecular complexity index is 238. The van der Waals surface area contributed by atoms with E-state index in [1.165, 1.54) is 0 Å². The highest BCUT2D eigenvalue weighted by Gasteiger charge is 2.02. The standard InChI is InChI=1S/C10H18N3/c1-4-13(5-2)7-6-10-8-9(3)11-12-10/h4-7H2,1-3H3,(H,11,12). The summed E-state index contributed by atoms with van der Waals surface area (Å²) >= 11 is 0. The van der Waals surface area contributed by atoms with Crippen molar-refractivity contribution in [2.45, 2.75) is 27.2 Å². The molecule has 0 saturated carbocycles. The van der Waals surface area contributed by atoms with Gasteiger partial charge in [0.2, 0.25) is 0 Å². The number of hydrogen-bond donors (Lipinski definition) is 1. The van der Waals surface area contributed by atoms with Gasteiger partial charge in [0.15, 0.2) is 0 Å². The van der Waals surface area contributed by atoms with Gasteiger partial charge >= 0.3 is 0 Å². The van der Waals surface area contributed by atoms with E-state index in [1.54, 1.807) is 0 Å². The molecule has 0 aliphatic heterocycles. The molecular weight excluding hydrogens is 162 g/mol. The third-order valence-corrected chi connectivity index (χ3v) is 2.25. The number of aryl methyl sites for hydroxylation is 1. The fourth-order valence-corrected chi connectivity index (χ4v) is 1.35. The van der Waals surface area contributed by atoms with Gasteiger partial charge in [-0.15, -0.1) is 0 Å². The summed E-state index contributed by atoms with van der Waals surface area (Å²) in [6.07, 6.45) is 0.992. The van der Waals surface area contributed by atoms with Crippen LogP contribution < -0.4 is 0 Å². The molecule has 0 aromatic carbocycles. The van der Waals surface area contributed by atoms with Gasteiger partial charge in [-0.25, -0.2) is 0 Å². The zero-order valence-corrected chi connectivity index (χ0v) is 8.72. The summed E-state index contributed by atoms with van der Waals surface area (Å²) in [7, 11) is 0. The second-order valence-corrected chi connectivity index (χ2v) is 3.20. The van der Waals surface area contributed by atoms with Gasteiger partial charge in [-0.3, -0.25) is 5.10 Å². The van der Waals surface area contributed by atoms with Crippen molar-refractivity contribution in [2.75, 3.05) is 19.6 Å². The lowest BCUT2D eigenvalue weighted by Crippen LogP contribution is -2.25. The number of aromatic amines is 1. The maximum atomic E-state index is 4.15. The number of nitrogens with zero attached hydrogens (tertiary/aromatic N) is 2. The van der Waals surface area contributed by atoms with Gasteiger partial charge in [-0.05, 0) is 20.0 Å². The lowest BCUT2D eigenvalue weighted by Gasteiger charge is -2.16. The molecule has 0 aliphatic carbocycles. The molecular formula is C10H18N3. The highest BCUT2D eigenvalue weighted by atomic mass is 15.1. The fraction of sp³-hybridized carbons (Fsp3) is 0.700. The molecule has 3 nitrogen and oxygen atoms in total. The van der Waals surface area contributed by atoms with Crippen LogP contribution in [0.1, 0.15) is 25.2 Å². The average molecular weight is 180 g/mol. The van der Waals surface area contributed by atoms with Crippen LogP contribution in [0.3, 0.4) is 0 Å². The third-order valence-electron chi connectivity index (χ3n) is 2.25. The smallest absolute Gasteiger partial charge is 0.0717 e. The minimum atomic E-state index is 0.992. The van der Waals surface area contributed by atoms with Gasteiger partial charge in [0.05, 0.1) is 5.69 Å². The Hall–Kier alpha value is -0.830. The molecule has 1 aromatic heterocycles. The van der Waals surface area contributed by atoms with E-state index in [0.717, 1.165) is 37.4 Å². The molecule has 13 heavy (non-hydrogen) atoms. The van der Waals surface area contributed by atoms with Crippen molar-refractivity contribution in [1.82, 2.24) is 15.1 Å². The van der Waals surface area contributed by atoms with Crippen molar-refractivity contribution >= 4 is 0 Å². The number of nitrogens with one attached hydrogen (secondary N) is 1. The Labute approximate surface area is 80.1 Å². The molecule has 0 aliphatic rings. The van der Waals surface area contributed by atoms with E-state index < -0.39 is 0 Å². The zero-order valence-electron chi connectivity index (χ0n) is 8.72. The highest BCUT2D eigenvalue weighted by molar-refractivity contribution is 5.04. The Balaban J connectivity index is 2.33. The lowest BCUT2D eigenvalue weighted by molar-refractivity contribution is 0.307. The Kier molecular flexibility index (Phi) is 3.96. The summed E-state index contributed by atoms with van der Waals surface area (Å²) in [6, 6.07) is 3.19. The summed E-state index contributed by atoms with van der Waals surface area (Å²) in [5.74, 6) is 0. The Morgan fingerprint density at radius 3 is 2.54 bits per heavy atom. The van der Waals surface area contributed by atoms with Gasteiger partial charge < -0.3 is 4.90 Å². The summed E-state index contributed by atoms with van der Waals surface area (Å²) in [5, 5.41) is 7.05. The topological polar surface area (TPSA) is 31.9 Å². The minimum absolute atomic E-state index is 0.992. The molecule has 0 fully saturated rings. The normalized spacial score (nSPS) is 11.1. The first kappa shape index (κ1) is 10.3. The Morgan fingerprint density at radius 1 is 1.38 bits per heavy atom. The second kappa shape index (κ2) is 5.02. The molecule has 0 atom stereocenters. The molecule has 0 unspecified atom stereocenters. The number of H-pyrrole nitrogens is 1. The van der Waals surface area contributed by atoms with Crippen LogP contribution in [0, 0.1) is 13.0 Å². The average Bonchev–Trinajstić information content (AvgIpc) is 2.53. The largest absolute Gasteiger partial charge is 0.303 e. The van der Waals surface area contributed by atoms with Crippen LogP contribution >= 0.6 is 0 Å². The van der Waals surface area contributed by atoms with E-state index in [2.05, 4.69) is 35.0 Å². The highest BCUT2D eigenvalue weighted by Crippen LogP contribution is 1.99. The summed E-state index contributed by atoms with van der Waals surface area (Å²) in [6.45, 7) is 9.65. The quantitative estimate of drug-likeness (QED) is 0.743. The van der Waals surface area contributed by atoms with Crippen LogP contribution in [0.15, 0.2) is 0 Å². The van der Waals surface area contributed by atoms with Gasteiger partial charge in [0, 0.05) is 24.7 Å². The van der Waals surface area contributed by atoms with Gasteiger partial charge in [0.25, 0.3) is 0 Å². The van der Waals surface area contributed by atoms with Crippen molar-refractivity contribution in [3.8, 4) is 0 Å². The number of aromatic nitrogens is 2. The van der Waals surface area contributed by atoms with E-state index in [1.807, 2.05) is 6.92 Å². The monoisotopic (exact) mass is 180 g/mol. The van der Waals surface area contributed by atoms with E-state index in [4.69, 9.17) is 0 Å². The second-order valence-electron chi connectivity index (χ2n) is 3.20. The fourth-order valence-electron chi connectivity index (χ4n) is 1.35.